The largest absolute Gasteiger partial charge is 0.367 e. The lowest BCUT2D eigenvalue weighted by molar-refractivity contribution is 0.621. The number of hydrogen-bond acceptors (Lipinski definition) is 3. The summed E-state index contributed by atoms with van der Waals surface area (Å²) < 4.78 is 12.6. The molecule has 0 amide bonds. The number of anilines is 1. The van der Waals surface area contributed by atoms with Crippen molar-refractivity contribution in [2.24, 2.45) is 11.8 Å². The minimum Gasteiger partial charge on any atom is -0.367 e. The minimum absolute atomic E-state index is 0.284. The zero-order chi connectivity index (χ0) is 9.54. The van der Waals surface area contributed by atoms with Gasteiger partial charge < -0.3 is 10.6 Å². The van der Waals surface area contributed by atoms with Gasteiger partial charge >= 0.3 is 0 Å². The van der Waals surface area contributed by atoms with Gasteiger partial charge in [-0.05, 0) is 24.0 Å². The summed E-state index contributed by atoms with van der Waals surface area (Å²) in [6.07, 6.45) is 1.25. The van der Waals surface area contributed by atoms with Crippen LogP contribution in [0, 0.1) is 17.7 Å². The maximum Gasteiger partial charge on any atom is 0.141 e. The fourth-order valence-electron chi connectivity index (χ4n) is 2.26. The summed E-state index contributed by atoms with van der Waals surface area (Å²) in [7, 11) is 0. The Hall–Kier alpha value is -1.16. The second kappa shape index (κ2) is 2.92. The van der Waals surface area contributed by atoms with Crippen LogP contribution in [0.4, 0.5) is 10.2 Å². The molecule has 1 aromatic rings. The first kappa shape index (κ1) is 8.17. The predicted octanol–water partition coefficient (Wildman–Crippen LogP) is 0.850. The number of halogens is 1. The van der Waals surface area contributed by atoms with Gasteiger partial charge in [0.2, 0.25) is 0 Å². The Morgan fingerprint density at radius 2 is 2.14 bits per heavy atom. The minimum atomic E-state index is -0.284. The lowest BCUT2D eigenvalue weighted by Gasteiger charge is -2.07. The van der Waals surface area contributed by atoms with Gasteiger partial charge in [0.15, 0.2) is 0 Å². The molecule has 1 saturated carbocycles. The molecule has 0 aromatic carbocycles. The van der Waals surface area contributed by atoms with Gasteiger partial charge in [-0.25, -0.2) is 9.37 Å². The summed E-state index contributed by atoms with van der Waals surface area (Å²) in [5, 5.41) is 6.65. The molecule has 2 unspecified atom stereocenters. The molecule has 1 aromatic heterocycles. The van der Waals surface area contributed by atoms with Crippen LogP contribution in [0.5, 0.6) is 0 Å². The van der Waals surface area contributed by atoms with Crippen LogP contribution in [0.1, 0.15) is 0 Å². The van der Waals surface area contributed by atoms with E-state index in [1.54, 1.807) is 6.07 Å². The molecule has 3 rings (SSSR count). The number of nitrogens with one attached hydrogen (secondary N) is 2. The van der Waals surface area contributed by atoms with Crippen LogP contribution in [-0.4, -0.2) is 24.1 Å². The monoisotopic (exact) mass is 193 g/mol. The highest BCUT2D eigenvalue weighted by molar-refractivity contribution is 5.39. The number of nitrogens with zero attached hydrogens (tertiary/aromatic N) is 1. The van der Waals surface area contributed by atoms with Crippen LogP contribution in [-0.2, 0) is 0 Å². The van der Waals surface area contributed by atoms with Crippen molar-refractivity contribution in [2.45, 2.75) is 6.04 Å². The Kier molecular flexibility index (Phi) is 1.70. The molecule has 3 nitrogen and oxygen atoms in total. The fraction of sp³-hybridized carbons (Fsp3) is 0.500. The highest BCUT2D eigenvalue weighted by Gasteiger charge is 2.52. The van der Waals surface area contributed by atoms with Gasteiger partial charge in [-0.3, -0.25) is 0 Å². The molecule has 74 valence electrons. The van der Waals surface area contributed by atoms with E-state index in [4.69, 9.17) is 0 Å². The molecule has 2 aliphatic rings. The van der Waals surface area contributed by atoms with E-state index in [1.165, 1.54) is 12.3 Å². The number of hydrogen-bond donors (Lipinski definition) is 2. The maximum atomic E-state index is 12.6. The number of aromatic nitrogens is 1. The highest BCUT2D eigenvalue weighted by atomic mass is 19.1. The molecule has 0 bridgehead atoms. The molecule has 1 aliphatic heterocycles. The van der Waals surface area contributed by atoms with E-state index in [0.717, 1.165) is 30.7 Å². The average molecular weight is 193 g/mol. The molecule has 4 heteroatoms. The Morgan fingerprint density at radius 3 is 2.79 bits per heavy atom. The van der Waals surface area contributed by atoms with Crippen LogP contribution in [0.15, 0.2) is 18.3 Å². The molecule has 0 radical (unpaired) electrons. The van der Waals surface area contributed by atoms with Gasteiger partial charge in [0, 0.05) is 19.1 Å². The Balaban J connectivity index is 1.65. The van der Waals surface area contributed by atoms with Gasteiger partial charge in [-0.15, -0.1) is 0 Å². The molecule has 2 atom stereocenters. The molecule has 1 saturated heterocycles. The summed E-state index contributed by atoms with van der Waals surface area (Å²) in [6.45, 7) is 2.20. The van der Waals surface area contributed by atoms with Crippen LogP contribution in [0.2, 0.25) is 0 Å². The first-order valence-electron chi connectivity index (χ1n) is 4.93. The van der Waals surface area contributed by atoms with Gasteiger partial charge in [0.05, 0.1) is 6.20 Å². The molecule has 2 heterocycles. The second-order valence-corrected chi connectivity index (χ2v) is 4.02. The van der Waals surface area contributed by atoms with Crippen molar-refractivity contribution in [3.8, 4) is 0 Å². The van der Waals surface area contributed by atoms with Crippen LogP contribution in [0.25, 0.3) is 0 Å². The SMILES string of the molecule is Fc1ccc(NC2C3CNCC32)nc1. The second-order valence-electron chi connectivity index (χ2n) is 4.02. The van der Waals surface area contributed by atoms with Crippen molar-refractivity contribution < 1.29 is 4.39 Å². The van der Waals surface area contributed by atoms with Crippen LogP contribution in [0.3, 0.4) is 0 Å². The summed E-state index contributed by atoms with van der Waals surface area (Å²) in [5.41, 5.74) is 0. The van der Waals surface area contributed by atoms with Crippen LogP contribution < -0.4 is 10.6 Å². The van der Waals surface area contributed by atoms with Crippen molar-refractivity contribution in [3.05, 3.63) is 24.1 Å². The Labute approximate surface area is 81.7 Å². The van der Waals surface area contributed by atoms with E-state index < -0.39 is 0 Å². The van der Waals surface area contributed by atoms with Crippen molar-refractivity contribution in [1.29, 1.82) is 0 Å². The molecular formula is C10H12FN3. The first-order valence-corrected chi connectivity index (χ1v) is 4.93. The molecule has 14 heavy (non-hydrogen) atoms. The Bertz CT molecular complexity index is 328. The average Bonchev–Trinajstić information content (AvgIpc) is 2.63. The third-order valence-electron chi connectivity index (χ3n) is 3.13. The molecule has 2 fully saturated rings. The topological polar surface area (TPSA) is 37.0 Å². The molecule has 2 N–H and O–H groups in total. The van der Waals surface area contributed by atoms with Crippen molar-refractivity contribution in [1.82, 2.24) is 10.3 Å². The maximum absolute atomic E-state index is 12.6. The van der Waals surface area contributed by atoms with E-state index in [9.17, 15) is 4.39 Å². The normalized spacial score (nSPS) is 33.9. The molecule has 0 spiro atoms. The van der Waals surface area contributed by atoms with E-state index in [-0.39, 0.29) is 5.82 Å². The fourth-order valence-corrected chi connectivity index (χ4v) is 2.26. The lowest BCUT2D eigenvalue weighted by atomic mass is 10.4. The summed E-state index contributed by atoms with van der Waals surface area (Å²) in [4.78, 5) is 3.98. The summed E-state index contributed by atoms with van der Waals surface area (Å²) >= 11 is 0. The standard InChI is InChI=1S/C10H12FN3/c11-6-1-2-9(13-3-6)14-10-7-4-12-5-8(7)10/h1-3,7-8,10,12H,4-5H2,(H,13,14). The van der Waals surface area contributed by atoms with Crippen molar-refractivity contribution in [3.63, 3.8) is 0 Å². The van der Waals surface area contributed by atoms with E-state index in [1.807, 2.05) is 0 Å². The highest BCUT2D eigenvalue weighted by Crippen LogP contribution is 2.43. The molecule has 1 aliphatic carbocycles. The zero-order valence-corrected chi connectivity index (χ0v) is 7.70. The zero-order valence-electron chi connectivity index (χ0n) is 7.70. The third-order valence-corrected chi connectivity index (χ3v) is 3.13. The smallest absolute Gasteiger partial charge is 0.141 e. The van der Waals surface area contributed by atoms with Gasteiger partial charge in [0.25, 0.3) is 0 Å². The van der Waals surface area contributed by atoms with Crippen molar-refractivity contribution >= 4 is 5.82 Å². The van der Waals surface area contributed by atoms with Gasteiger partial charge in [-0.2, -0.15) is 0 Å². The predicted molar refractivity (Wildman–Crippen MR) is 51.5 cm³/mol. The number of pyridine rings is 1. The van der Waals surface area contributed by atoms with Crippen molar-refractivity contribution in [2.75, 3.05) is 18.4 Å². The van der Waals surface area contributed by atoms with E-state index in [0.29, 0.717) is 6.04 Å². The lowest BCUT2D eigenvalue weighted by Crippen LogP contribution is -2.21. The third kappa shape index (κ3) is 1.26. The number of rotatable bonds is 2. The molecular weight excluding hydrogens is 181 g/mol. The van der Waals surface area contributed by atoms with E-state index in [2.05, 4.69) is 15.6 Å². The summed E-state index contributed by atoms with van der Waals surface area (Å²) in [6, 6.07) is 3.68. The summed E-state index contributed by atoms with van der Waals surface area (Å²) in [5.74, 6) is 2.00. The van der Waals surface area contributed by atoms with Crippen LogP contribution >= 0.6 is 0 Å². The van der Waals surface area contributed by atoms with Gasteiger partial charge in [-0.1, -0.05) is 0 Å². The van der Waals surface area contributed by atoms with E-state index >= 15 is 0 Å². The Morgan fingerprint density at radius 1 is 1.36 bits per heavy atom. The number of piperidine rings is 1. The first-order chi connectivity index (χ1) is 6.84. The number of fused-ring (bicyclic) bond motifs is 1. The van der Waals surface area contributed by atoms with Gasteiger partial charge in [0.1, 0.15) is 11.6 Å². The quantitative estimate of drug-likeness (QED) is 0.731.